The molecule has 0 fully saturated rings. The van der Waals surface area contributed by atoms with Gasteiger partial charge < -0.3 is 5.73 Å². The fourth-order valence-corrected chi connectivity index (χ4v) is 3.06. The van der Waals surface area contributed by atoms with E-state index in [1.54, 1.807) is 24.2 Å². The van der Waals surface area contributed by atoms with Crippen LogP contribution in [0.15, 0.2) is 35.6 Å². The molecule has 18 heavy (non-hydrogen) atoms. The molecule has 0 radical (unpaired) electrons. The Balaban J connectivity index is 2.25. The summed E-state index contributed by atoms with van der Waals surface area (Å²) >= 11 is 1.75. The highest BCUT2D eigenvalue weighted by Gasteiger charge is 2.19. The van der Waals surface area contributed by atoms with Crippen LogP contribution < -0.4 is 5.73 Å². The summed E-state index contributed by atoms with van der Waals surface area (Å²) in [6, 6.07) is 6.18. The number of nitrogens with zero attached hydrogens (tertiary/aromatic N) is 3. The first-order valence-corrected chi connectivity index (χ1v) is 6.78. The Morgan fingerprint density at radius 3 is 2.50 bits per heavy atom. The minimum absolute atomic E-state index is 0.0626. The van der Waals surface area contributed by atoms with Crippen molar-refractivity contribution in [3.05, 3.63) is 41.9 Å². The molecular weight excluding hydrogens is 244 g/mol. The lowest BCUT2D eigenvalue weighted by Crippen LogP contribution is -2.22. The van der Waals surface area contributed by atoms with E-state index in [1.165, 1.54) is 5.56 Å². The van der Waals surface area contributed by atoms with E-state index in [0.29, 0.717) is 0 Å². The van der Waals surface area contributed by atoms with E-state index in [4.69, 9.17) is 5.73 Å². The summed E-state index contributed by atoms with van der Waals surface area (Å²) in [5.41, 5.74) is 8.33. The van der Waals surface area contributed by atoms with Crippen molar-refractivity contribution < 1.29 is 0 Å². The Morgan fingerprint density at radius 1 is 1.33 bits per heavy atom. The fraction of sp³-hybridized carbons (Fsp3) is 0.385. The molecule has 2 atom stereocenters. The van der Waals surface area contributed by atoms with E-state index in [2.05, 4.69) is 16.1 Å². The highest BCUT2D eigenvalue weighted by molar-refractivity contribution is 7.99. The average molecular weight is 262 g/mol. The molecule has 0 saturated carbocycles. The normalized spacial score (nSPS) is 14.4. The smallest absolute Gasteiger partial charge is 0.0945 e. The largest absolute Gasteiger partial charge is 0.327 e. The quantitative estimate of drug-likeness (QED) is 0.859. The van der Waals surface area contributed by atoms with Gasteiger partial charge in [-0.1, -0.05) is 11.8 Å². The molecule has 0 aromatic carbocycles. The second-order valence-corrected chi connectivity index (χ2v) is 5.59. The number of aromatic nitrogens is 3. The number of aryl methyl sites for hydroxylation is 2. The molecule has 2 rings (SSSR count). The van der Waals surface area contributed by atoms with Gasteiger partial charge in [0.05, 0.1) is 16.0 Å². The first-order valence-electron chi connectivity index (χ1n) is 5.90. The first-order chi connectivity index (χ1) is 8.58. The lowest BCUT2D eigenvalue weighted by atomic mass is 10.1. The van der Waals surface area contributed by atoms with Crippen molar-refractivity contribution in [1.82, 2.24) is 14.8 Å². The maximum absolute atomic E-state index is 6.10. The van der Waals surface area contributed by atoms with Crippen LogP contribution in [0.1, 0.15) is 23.4 Å². The van der Waals surface area contributed by atoms with Gasteiger partial charge in [-0.15, -0.1) is 0 Å². The van der Waals surface area contributed by atoms with Gasteiger partial charge in [0.1, 0.15) is 0 Å². The third-order valence-corrected chi connectivity index (χ3v) is 4.30. The SMILES string of the molecule is Cc1cc(SC(c2ccncc2)C(C)N)n(C)n1. The molecule has 2 N–H and O–H groups in total. The molecule has 2 aromatic rings. The van der Waals surface area contributed by atoms with Crippen LogP contribution in [0.5, 0.6) is 0 Å². The van der Waals surface area contributed by atoms with Crippen molar-refractivity contribution in [2.75, 3.05) is 0 Å². The van der Waals surface area contributed by atoms with Crippen molar-refractivity contribution in [3.63, 3.8) is 0 Å². The number of nitrogens with two attached hydrogens (primary N) is 1. The molecule has 0 saturated heterocycles. The molecule has 0 spiro atoms. The standard InChI is InChI=1S/C13H18N4S/c1-9-8-12(17(3)16-9)18-13(10(2)14)11-4-6-15-7-5-11/h4-8,10,13H,14H2,1-3H3. The van der Waals surface area contributed by atoms with Crippen molar-refractivity contribution >= 4 is 11.8 Å². The van der Waals surface area contributed by atoms with Gasteiger partial charge in [-0.2, -0.15) is 5.10 Å². The van der Waals surface area contributed by atoms with Gasteiger partial charge in [0, 0.05) is 25.5 Å². The zero-order valence-corrected chi connectivity index (χ0v) is 11.7. The van der Waals surface area contributed by atoms with E-state index in [9.17, 15) is 0 Å². The summed E-state index contributed by atoms with van der Waals surface area (Å²) in [5.74, 6) is 0. The molecule has 5 heteroatoms. The van der Waals surface area contributed by atoms with Gasteiger partial charge in [0.2, 0.25) is 0 Å². The van der Waals surface area contributed by atoms with Gasteiger partial charge in [0.15, 0.2) is 0 Å². The van der Waals surface area contributed by atoms with Crippen LogP contribution in [0.3, 0.4) is 0 Å². The van der Waals surface area contributed by atoms with Gasteiger partial charge in [-0.3, -0.25) is 9.67 Å². The van der Waals surface area contributed by atoms with Crippen LogP contribution in [0, 0.1) is 6.92 Å². The van der Waals surface area contributed by atoms with Crippen LogP contribution >= 0.6 is 11.8 Å². The average Bonchev–Trinajstić information content (AvgIpc) is 2.65. The van der Waals surface area contributed by atoms with E-state index < -0.39 is 0 Å². The Bertz CT molecular complexity index is 507. The zero-order chi connectivity index (χ0) is 13.1. The fourth-order valence-electron chi connectivity index (χ4n) is 1.86. The lowest BCUT2D eigenvalue weighted by Gasteiger charge is -2.20. The molecule has 0 bridgehead atoms. The minimum atomic E-state index is 0.0626. The second-order valence-electron chi connectivity index (χ2n) is 4.43. The highest BCUT2D eigenvalue weighted by atomic mass is 32.2. The predicted molar refractivity (Wildman–Crippen MR) is 74.4 cm³/mol. The summed E-state index contributed by atoms with van der Waals surface area (Å²) in [5, 5.41) is 5.70. The predicted octanol–water partition coefficient (Wildman–Crippen LogP) is 2.30. The summed E-state index contributed by atoms with van der Waals surface area (Å²) in [4.78, 5) is 4.05. The molecule has 0 aliphatic carbocycles. The number of thioether (sulfide) groups is 1. The minimum Gasteiger partial charge on any atom is -0.327 e. The zero-order valence-electron chi connectivity index (χ0n) is 10.9. The van der Waals surface area contributed by atoms with Gasteiger partial charge >= 0.3 is 0 Å². The van der Waals surface area contributed by atoms with Crippen LogP contribution in [0.4, 0.5) is 0 Å². The second kappa shape index (κ2) is 5.54. The molecule has 0 aliphatic rings. The Labute approximate surface area is 112 Å². The van der Waals surface area contributed by atoms with Crippen molar-refractivity contribution in [3.8, 4) is 0 Å². The monoisotopic (exact) mass is 262 g/mol. The van der Waals surface area contributed by atoms with E-state index in [1.807, 2.05) is 37.7 Å². The first kappa shape index (κ1) is 13.1. The summed E-state index contributed by atoms with van der Waals surface area (Å²) in [6.07, 6.45) is 3.61. The van der Waals surface area contributed by atoms with Crippen molar-refractivity contribution in [1.29, 1.82) is 0 Å². The maximum Gasteiger partial charge on any atom is 0.0945 e. The molecular formula is C13H18N4S. The summed E-state index contributed by atoms with van der Waals surface area (Å²) < 4.78 is 1.90. The van der Waals surface area contributed by atoms with Crippen LogP contribution in [0.2, 0.25) is 0 Å². The van der Waals surface area contributed by atoms with E-state index in [0.717, 1.165) is 10.7 Å². The molecule has 2 unspecified atom stereocenters. The molecule has 0 amide bonds. The molecule has 2 aromatic heterocycles. The summed E-state index contributed by atoms with van der Waals surface area (Å²) in [7, 11) is 1.96. The van der Waals surface area contributed by atoms with Crippen LogP contribution in [-0.2, 0) is 7.05 Å². The molecule has 0 aliphatic heterocycles. The number of rotatable bonds is 4. The van der Waals surface area contributed by atoms with E-state index in [-0.39, 0.29) is 11.3 Å². The highest BCUT2D eigenvalue weighted by Crippen LogP contribution is 2.36. The topological polar surface area (TPSA) is 56.7 Å². The summed E-state index contributed by atoms with van der Waals surface area (Å²) in [6.45, 7) is 4.03. The van der Waals surface area contributed by atoms with Crippen molar-refractivity contribution in [2.45, 2.75) is 30.2 Å². The molecule has 2 heterocycles. The van der Waals surface area contributed by atoms with Crippen LogP contribution in [-0.4, -0.2) is 20.8 Å². The Hall–Kier alpha value is -1.33. The van der Waals surface area contributed by atoms with Gasteiger partial charge in [-0.05, 0) is 37.6 Å². The van der Waals surface area contributed by atoms with E-state index >= 15 is 0 Å². The maximum atomic E-state index is 6.10. The van der Waals surface area contributed by atoms with Crippen LogP contribution in [0.25, 0.3) is 0 Å². The Kier molecular flexibility index (Phi) is 4.04. The molecule has 4 nitrogen and oxygen atoms in total. The van der Waals surface area contributed by atoms with Gasteiger partial charge in [0.25, 0.3) is 0 Å². The third-order valence-electron chi connectivity index (χ3n) is 2.72. The van der Waals surface area contributed by atoms with Crippen molar-refractivity contribution in [2.24, 2.45) is 12.8 Å². The molecule has 96 valence electrons. The third kappa shape index (κ3) is 2.91. The Morgan fingerprint density at radius 2 is 2.00 bits per heavy atom. The number of pyridine rings is 1. The van der Waals surface area contributed by atoms with Gasteiger partial charge in [-0.25, -0.2) is 0 Å². The number of hydrogen-bond acceptors (Lipinski definition) is 4. The lowest BCUT2D eigenvalue weighted by molar-refractivity contribution is 0.679. The number of hydrogen-bond donors (Lipinski definition) is 1.